The van der Waals surface area contributed by atoms with E-state index in [0.29, 0.717) is 22.3 Å². The lowest BCUT2D eigenvalue weighted by atomic mass is 9.39. The van der Waals surface area contributed by atoms with Gasteiger partial charge in [-0.25, -0.2) is 0 Å². The molecule has 0 aromatic heterocycles. The molecule has 3 atom stereocenters. The van der Waals surface area contributed by atoms with Gasteiger partial charge in [0, 0.05) is 6.04 Å². The summed E-state index contributed by atoms with van der Waals surface area (Å²) in [5.41, 5.74) is 6.18. The fraction of sp³-hybridized carbons (Fsp3) is 0.895. The Hall–Kier alpha value is -0.340. The van der Waals surface area contributed by atoms with Crippen molar-refractivity contribution in [2.24, 2.45) is 28.0 Å². The van der Waals surface area contributed by atoms with Crippen molar-refractivity contribution in [1.82, 2.24) is 5.43 Å². The maximum absolute atomic E-state index is 5.87. The molecule has 4 rings (SSSR count). The van der Waals surface area contributed by atoms with Gasteiger partial charge in [0.05, 0.1) is 0 Å². The van der Waals surface area contributed by atoms with E-state index in [2.05, 4.69) is 32.8 Å². The van der Waals surface area contributed by atoms with Gasteiger partial charge in [0.1, 0.15) is 0 Å². The van der Waals surface area contributed by atoms with Crippen LogP contribution in [0.25, 0.3) is 0 Å². The van der Waals surface area contributed by atoms with Crippen molar-refractivity contribution in [1.29, 1.82) is 0 Å². The Balaban J connectivity index is 1.73. The van der Waals surface area contributed by atoms with Gasteiger partial charge in [0.25, 0.3) is 0 Å². The third-order valence-corrected chi connectivity index (χ3v) is 6.58. The zero-order valence-corrected chi connectivity index (χ0v) is 14.3. The van der Waals surface area contributed by atoms with Crippen molar-refractivity contribution in [2.75, 3.05) is 0 Å². The summed E-state index contributed by atoms with van der Waals surface area (Å²) < 4.78 is 0. The summed E-state index contributed by atoms with van der Waals surface area (Å²) in [5, 5.41) is 0. The molecule has 4 fully saturated rings. The fourth-order valence-corrected chi connectivity index (χ4v) is 7.10. The number of rotatable bonds is 6. The van der Waals surface area contributed by atoms with Crippen molar-refractivity contribution in [3.63, 3.8) is 0 Å². The first kappa shape index (κ1) is 15.6. The minimum Gasteiger partial charge on any atom is -0.271 e. The van der Waals surface area contributed by atoms with E-state index in [9.17, 15) is 0 Å². The number of nitrogens with two attached hydrogens (primary N) is 1. The highest BCUT2D eigenvalue weighted by atomic mass is 15.2. The van der Waals surface area contributed by atoms with Crippen LogP contribution in [0.4, 0.5) is 0 Å². The van der Waals surface area contributed by atoms with E-state index >= 15 is 0 Å². The van der Waals surface area contributed by atoms with Crippen LogP contribution in [0.1, 0.15) is 78.6 Å². The van der Waals surface area contributed by atoms with Gasteiger partial charge in [-0.1, -0.05) is 19.4 Å². The average Bonchev–Trinajstić information content (AvgIpc) is 2.29. The Morgan fingerprint density at radius 3 is 2.29 bits per heavy atom. The maximum Gasteiger partial charge on any atom is 0.0218 e. The van der Waals surface area contributed by atoms with E-state index in [1.54, 1.807) is 0 Å². The number of allylic oxidation sites excluding steroid dienone is 1. The minimum absolute atomic E-state index is 0.463. The fourth-order valence-electron chi connectivity index (χ4n) is 7.10. The SMILES string of the molecule is C=C(C)CCC(CC12CC3CC(C)(CC(C)(C3)C1)C2)NN. The first-order chi connectivity index (χ1) is 9.76. The molecule has 2 nitrogen and oxygen atoms in total. The van der Waals surface area contributed by atoms with E-state index in [4.69, 9.17) is 5.84 Å². The number of hydrazine groups is 1. The van der Waals surface area contributed by atoms with E-state index in [1.165, 1.54) is 50.5 Å². The van der Waals surface area contributed by atoms with Crippen LogP contribution < -0.4 is 11.3 Å². The first-order valence-electron chi connectivity index (χ1n) is 8.86. The summed E-state index contributed by atoms with van der Waals surface area (Å²) in [4.78, 5) is 0. The molecule has 2 heteroatoms. The van der Waals surface area contributed by atoms with Crippen molar-refractivity contribution in [3.05, 3.63) is 12.2 Å². The van der Waals surface area contributed by atoms with Crippen LogP contribution in [0.15, 0.2) is 12.2 Å². The molecule has 0 radical (unpaired) electrons. The molecule has 4 aliphatic carbocycles. The van der Waals surface area contributed by atoms with Crippen LogP contribution in [0, 0.1) is 22.2 Å². The molecule has 0 aromatic carbocycles. The molecule has 0 aromatic rings. The van der Waals surface area contributed by atoms with E-state index in [1.807, 2.05) is 0 Å². The second kappa shape index (κ2) is 5.09. The van der Waals surface area contributed by atoms with E-state index in [0.717, 1.165) is 18.8 Å². The van der Waals surface area contributed by atoms with Crippen LogP contribution in [0.3, 0.4) is 0 Å². The van der Waals surface area contributed by atoms with Crippen LogP contribution in [0.2, 0.25) is 0 Å². The van der Waals surface area contributed by atoms with E-state index < -0.39 is 0 Å². The van der Waals surface area contributed by atoms with Crippen LogP contribution >= 0.6 is 0 Å². The molecule has 0 spiro atoms. The molecule has 120 valence electrons. The number of hydrogen-bond acceptors (Lipinski definition) is 2. The molecule has 0 aliphatic heterocycles. The summed E-state index contributed by atoms with van der Waals surface area (Å²) in [6.45, 7) is 11.3. The smallest absolute Gasteiger partial charge is 0.0218 e. The molecule has 4 aliphatic rings. The minimum atomic E-state index is 0.463. The predicted octanol–water partition coefficient (Wildman–Crippen LogP) is 4.56. The summed E-state index contributed by atoms with van der Waals surface area (Å²) in [6, 6.07) is 0.463. The monoisotopic (exact) mass is 290 g/mol. The highest BCUT2D eigenvalue weighted by molar-refractivity contribution is 5.11. The largest absolute Gasteiger partial charge is 0.271 e. The molecule has 4 saturated carbocycles. The van der Waals surface area contributed by atoms with Gasteiger partial charge in [-0.15, -0.1) is 6.58 Å². The molecule has 3 unspecified atom stereocenters. The van der Waals surface area contributed by atoms with Crippen molar-refractivity contribution in [2.45, 2.75) is 84.6 Å². The summed E-state index contributed by atoms with van der Waals surface area (Å²) in [7, 11) is 0. The lowest BCUT2D eigenvalue weighted by molar-refractivity contribution is -0.150. The standard InChI is InChI=1S/C19H34N2/c1-14(2)5-6-16(21-20)10-19-9-15-7-17(3,12-19)11-18(4,8-15)13-19/h15-16,21H,1,5-13,20H2,2-4H3. The highest BCUT2D eigenvalue weighted by Crippen LogP contribution is 2.70. The third-order valence-electron chi connectivity index (χ3n) is 6.58. The number of hydrogen-bond donors (Lipinski definition) is 2. The van der Waals surface area contributed by atoms with Gasteiger partial charge in [0.2, 0.25) is 0 Å². The zero-order valence-electron chi connectivity index (χ0n) is 14.3. The average molecular weight is 290 g/mol. The zero-order chi connectivity index (χ0) is 15.3. The van der Waals surface area contributed by atoms with Crippen molar-refractivity contribution < 1.29 is 0 Å². The van der Waals surface area contributed by atoms with Crippen LogP contribution in [0.5, 0.6) is 0 Å². The molecule has 21 heavy (non-hydrogen) atoms. The van der Waals surface area contributed by atoms with Gasteiger partial charge in [-0.2, -0.15) is 0 Å². The highest BCUT2D eigenvalue weighted by Gasteiger charge is 2.59. The Morgan fingerprint density at radius 1 is 1.19 bits per heavy atom. The van der Waals surface area contributed by atoms with Gasteiger partial charge in [-0.3, -0.25) is 11.3 Å². The van der Waals surface area contributed by atoms with Crippen LogP contribution in [-0.4, -0.2) is 6.04 Å². The molecule has 3 N–H and O–H groups in total. The normalized spacial score (nSPS) is 45.8. The maximum atomic E-state index is 5.87. The molecule has 0 saturated heterocycles. The first-order valence-corrected chi connectivity index (χ1v) is 8.86. The lowest BCUT2D eigenvalue weighted by Crippen LogP contribution is -2.56. The second-order valence-electron chi connectivity index (χ2n) is 9.69. The van der Waals surface area contributed by atoms with E-state index in [-0.39, 0.29) is 0 Å². The lowest BCUT2D eigenvalue weighted by Gasteiger charge is -2.66. The third kappa shape index (κ3) is 3.07. The number of nitrogens with one attached hydrogen (secondary N) is 1. The van der Waals surface area contributed by atoms with Gasteiger partial charge in [-0.05, 0) is 86.9 Å². The predicted molar refractivity (Wildman–Crippen MR) is 89.6 cm³/mol. The van der Waals surface area contributed by atoms with Crippen LogP contribution in [-0.2, 0) is 0 Å². The summed E-state index contributed by atoms with van der Waals surface area (Å²) in [5.74, 6) is 6.86. The Bertz CT molecular complexity index is 409. The topological polar surface area (TPSA) is 38.0 Å². The van der Waals surface area contributed by atoms with Crippen molar-refractivity contribution in [3.8, 4) is 0 Å². The van der Waals surface area contributed by atoms with Gasteiger partial charge in [0.15, 0.2) is 0 Å². The van der Waals surface area contributed by atoms with Gasteiger partial charge < -0.3 is 0 Å². The van der Waals surface area contributed by atoms with Gasteiger partial charge >= 0.3 is 0 Å². The second-order valence-corrected chi connectivity index (χ2v) is 9.69. The summed E-state index contributed by atoms with van der Waals surface area (Å²) in [6.07, 6.45) is 12.3. The van der Waals surface area contributed by atoms with Crippen molar-refractivity contribution >= 4 is 0 Å². The molecular formula is C19H34N2. The Morgan fingerprint density at radius 2 is 1.81 bits per heavy atom. The summed E-state index contributed by atoms with van der Waals surface area (Å²) >= 11 is 0. The molecule has 0 amide bonds. The molecular weight excluding hydrogens is 256 g/mol. The Kier molecular flexibility index (Phi) is 3.77. The Labute approximate surface area is 130 Å². The quantitative estimate of drug-likeness (QED) is 0.427. The molecule has 0 heterocycles. The molecule has 4 bridgehead atoms.